The van der Waals surface area contributed by atoms with Crippen LogP contribution in [0.4, 0.5) is 5.69 Å². The summed E-state index contributed by atoms with van der Waals surface area (Å²) in [6, 6.07) is 7.02. The van der Waals surface area contributed by atoms with E-state index in [9.17, 15) is 9.59 Å². The third kappa shape index (κ3) is 3.48. The van der Waals surface area contributed by atoms with Gasteiger partial charge in [0.25, 0.3) is 5.91 Å². The molecule has 5 nitrogen and oxygen atoms in total. The fourth-order valence-corrected chi connectivity index (χ4v) is 1.40. The van der Waals surface area contributed by atoms with Crippen LogP contribution in [-0.2, 0) is 4.79 Å². The highest BCUT2D eigenvalue weighted by Crippen LogP contribution is 2.13. The number of anilines is 1. The molecule has 0 unspecified atom stereocenters. The number of carboxylic acids is 1. The van der Waals surface area contributed by atoms with Crippen molar-refractivity contribution in [1.29, 1.82) is 0 Å². The average molecular weight is 236 g/mol. The highest BCUT2D eigenvalue weighted by molar-refractivity contribution is 5.95. The van der Waals surface area contributed by atoms with Gasteiger partial charge in [-0.2, -0.15) is 0 Å². The van der Waals surface area contributed by atoms with Crippen LogP contribution >= 0.6 is 0 Å². The molecule has 5 heteroatoms. The highest BCUT2D eigenvalue weighted by Gasteiger charge is 2.14. The molecule has 17 heavy (non-hydrogen) atoms. The maximum Gasteiger partial charge on any atom is 0.323 e. The summed E-state index contributed by atoms with van der Waals surface area (Å²) < 4.78 is 0. The van der Waals surface area contributed by atoms with Crippen LogP contribution in [0, 0.1) is 0 Å². The van der Waals surface area contributed by atoms with E-state index in [4.69, 9.17) is 5.11 Å². The predicted molar refractivity (Wildman–Crippen MR) is 65.4 cm³/mol. The quantitative estimate of drug-likeness (QED) is 0.844. The minimum Gasteiger partial charge on any atom is -0.480 e. The highest BCUT2D eigenvalue weighted by atomic mass is 16.4. The van der Waals surface area contributed by atoms with Crippen LogP contribution in [-0.4, -0.2) is 49.6 Å². The normalized spacial score (nSPS) is 9.82. The van der Waals surface area contributed by atoms with Gasteiger partial charge in [0.1, 0.15) is 6.54 Å². The maximum atomic E-state index is 11.8. The molecule has 1 aromatic rings. The molecule has 0 saturated carbocycles. The second kappa shape index (κ2) is 5.34. The first-order chi connectivity index (χ1) is 7.91. The van der Waals surface area contributed by atoms with E-state index >= 15 is 0 Å². The van der Waals surface area contributed by atoms with E-state index < -0.39 is 5.97 Å². The molecule has 0 saturated heterocycles. The summed E-state index contributed by atoms with van der Waals surface area (Å²) in [7, 11) is 5.29. The number of likely N-dealkylation sites (N-methyl/N-ethyl adjacent to an activating group) is 1. The van der Waals surface area contributed by atoms with Crippen molar-refractivity contribution in [1.82, 2.24) is 4.90 Å². The molecular weight excluding hydrogens is 220 g/mol. The molecule has 0 bridgehead atoms. The van der Waals surface area contributed by atoms with Crippen LogP contribution < -0.4 is 4.90 Å². The van der Waals surface area contributed by atoms with Gasteiger partial charge in [-0.3, -0.25) is 9.59 Å². The zero-order valence-electron chi connectivity index (χ0n) is 10.2. The Morgan fingerprint density at radius 1 is 1.12 bits per heavy atom. The molecule has 1 rings (SSSR count). The monoisotopic (exact) mass is 236 g/mol. The number of rotatable bonds is 4. The zero-order valence-corrected chi connectivity index (χ0v) is 10.2. The fraction of sp³-hybridized carbons (Fsp3) is 0.333. The average Bonchev–Trinajstić information content (AvgIpc) is 2.27. The van der Waals surface area contributed by atoms with Crippen LogP contribution in [0.5, 0.6) is 0 Å². The largest absolute Gasteiger partial charge is 0.480 e. The summed E-state index contributed by atoms with van der Waals surface area (Å²) in [4.78, 5) is 25.4. The van der Waals surface area contributed by atoms with E-state index in [-0.39, 0.29) is 12.5 Å². The van der Waals surface area contributed by atoms with E-state index in [0.717, 1.165) is 5.69 Å². The Morgan fingerprint density at radius 3 is 2.06 bits per heavy atom. The molecule has 0 fully saturated rings. The van der Waals surface area contributed by atoms with Crippen LogP contribution in [0.2, 0.25) is 0 Å². The van der Waals surface area contributed by atoms with Gasteiger partial charge in [0, 0.05) is 32.4 Å². The molecule has 0 atom stereocenters. The number of nitrogens with zero attached hydrogens (tertiary/aromatic N) is 2. The van der Waals surface area contributed by atoms with E-state index in [1.54, 1.807) is 12.1 Å². The third-order valence-corrected chi connectivity index (χ3v) is 2.35. The van der Waals surface area contributed by atoms with Crippen molar-refractivity contribution in [2.45, 2.75) is 0 Å². The summed E-state index contributed by atoms with van der Waals surface area (Å²) >= 11 is 0. The van der Waals surface area contributed by atoms with Crippen LogP contribution in [0.25, 0.3) is 0 Å². The molecule has 0 aromatic heterocycles. The van der Waals surface area contributed by atoms with Gasteiger partial charge >= 0.3 is 5.97 Å². The van der Waals surface area contributed by atoms with Crippen molar-refractivity contribution in [2.75, 3.05) is 32.6 Å². The number of carbonyl (C=O) groups is 2. The van der Waals surface area contributed by atoms with Gasteiger partial charge in [-0.15, -0.1) is 0 Å². The Kier molecular flexibility index (Phi) is 4.09. The van der Waals surface area contributed by atoms with Crippen molar-refractivity contribution >= 4 is 17.6 Å². The lowest BCUT2D eigenvalue weighted by atomic mass is 10.2. The number of hydrogen-bond donors (Lipinski definition) is 1. The van der Waals surface area contributed by atoms with Gasteiger partial charge in [-0.05, 0) is 24.3 Å². The number of benzene rings is 1. The second-order valence-corrected chi connectivity index (χ2v) is 4.00. The predicted octanol–water partition coefficient (Wildman–Crippen LogP) is 0.909. The van der Waals surface area contributed by atoms with Gasteiger partial charge in [-0.25, -0.2) is 0 Å². The number of carboxylic acid groups (broad SMARTS) is 1. The number of aliphatic carboxylic acids is 1. The van der Waals surface area contributed by atoms with Crippen LogP contribution in [0.3, 0.4) is 0 Å². The Labute approximate surface area is 100 Å². The first-order valence-corrected chi connectivity index (χ1v) is 5.16. The van der Waals surface area contributed by atoms with Crippen molar-refractivity contribution in [3.05, 3.63) is 29.8 Å². The molecule has 0 heterocycles. The van der Waals surface area contributed by atoms with Gasteiger partial charge in [0.2, 0.25) is 0 Å². The van der Waals surface area contributed by atoms with Crippen molar-refractivity contribution in [2.24, 2.45) is 0 Å². The maximum absolute atomic E-state index is 11.8. The summed E-state index contributed by atoms with van der Waals surface area (Å²) in [5.41, 5.74) is 1.47. The molecular formula is C12H16N2O3. The first kappa shape index (κ1) is 13.0. The van der Waals surface area contributed by atoms with E-state index in [1.165, 1.54) is 11.9 Å². The molecule has 0 aliphatic rings. The molecule has 0 aliphatic carbocycles. The molecule has 92 valence electrons. The smallest absolute Gasteiger partial charge is 0.323 e. The van der Waals surface area contributed by atoms with Crippen molar-refractivity contribution < 1.29 is 14.7 Å². The van der Waals surface area contributed by atoms with Gasteiger partial charge < -0.3 is 14.9 Å². The number of amides is 1. The molecule has 0 aliphatic heterocycles. The standard InChI is InChI=1S/C12H16N2O3/c1-13(2)10-6-4-9(5-7-10)12(17)14(3)8-11(15)16/h4-7H,8H2,1-3H3,(H,15,16). The summed E-state index contributed by atoms with van der Waals surface area (Å²) in [6.45, 7) is -0.297. The first-order valence-electron chi connectivity index (χ1n) is 5.16. The van der Waals surface area contributed by atoms with Crippen molar-refractivity contribution in [3.63, 3.8) is 0 Å². The van der Waals surface area contributed by atoms with Gasteiger partial charge in [0.05, 0.1) is 0 Å². The molecule has 1 N–H and O–H groups in total. The lowest BCUT2D eigenvalue weighted by molar-refractivity contribution is -0.137. The van der Waals surface area contributed by atoms with E-state index in [1.807, 2.05) is 31.1 Å². The minimum absolute atomic E-state index is 0.294. The third-order valence-electron chi connectivity index (χ3n) is 2.35. The lowest BCUT2D eigenvalue weighted by Crippen LogP contribution is -2.31. The van der Waals surface area contributed by atoms with E-state index in [2.05, 4.69) is 0 Å². The Morgan fingerprint density at radius 2 is 1.65 bits per heavy atom. The molecule has 1 aromatic carbocycles. The Balaban J connectivity index is 2.79. The topological polar surface area (TPSA) is 60.9 Å². The SMILES string of the molecule is CN(CC(=O)O)C(=O)c1ccc(N(C)C)cc1. The number of carbonyl (C=O) groups excluding carboxylic acids is 1. The van der Waals surface area contributed by atoms with Crippen LogP contribution in [0.15, 0.2) is 24.3 Å². The second-order valence-electron chi connectivity index (χ2n) is 4.00. The molecule has 1 amide bonds. The lowest BCUT2D eigenvalue weighted by Gasteiger charge is -2.16. The number of hydrogen-bond acceptors (Lipinski definition) is 3. The van der Waals surface area contributed by atoms with Gasteiger partial charge in [0.15, 0.2) is 0 Å². The van der Waals surface area contributed by atoms with Crippen molar-refractivity contribution in [3.8, 4) is 0 Å². The van der Waals surface area contributed by atoms with E-state index in [0.29, 0.717) is 5.56 Å². The molecule has 0 radical (unpaired) electrons. The summed E-state index contributed by atoms with van der Waals surface area (Å²) in [5.74, 6) is -1.32. The Hall–Kier alpha value is -2.04. The summed E-state index contributed by atoms with van der Waals surface area (Å²) in [6.07, 6.45) is 0. The van der Waals surface area contributed by atoms with Crippen LogP contribution in [0.1, 0.15) is 10.4 Å². The Bertz CT molecular complexity index is 412. The zero-order chi connectivity index (χ0) is 13.0. The minimum atomic E-state index is -1.02. The van der Waals surface area contributed by atoms with Gasteiger partial charge in [-0.1, -0.05) is 0 Å². The fourth-order valence-electron chi connectivity index (χ4n) is 1.40. The molecule has 0 spiro atoms. The summed E-state index contributed by atoms with van der Waals surface area (Å²) in [5, 5.41) is 8.60.